The van der Waals surface area contributed by atoms with E-state index in [1.165, 1.54) is 6.42 Å². The molecular weight excluding hydrogens is 240 g/mol. The molecule has 0 spiro atoms. The maximum atomic E-state index is 12.5. The highest BCUT2D eigenvalue weighted by Gasteiger charge is 2.43. The highest BCUT2D eigenvalue weighted by molar-refractivity contribution is 5.86. The molecule has 2 rings (SSSR count). The number of hydrogen-bond donors (Lipinski definition) is 1. The number of amides is 1. The summed E-state index contributed by atoms with van der Waals surface area (Å²) in [7, 11) is 3.59. The smallest absolute Gasteiger partial charge is 0.254 e. The van der Waals surface area contributed by atoms with Gasteiger partial charge in [-0.25, -0.2) is 0 Å². The Balaban J connectivity index is 0.00000144. The van der Waals surface area contributed by atoms with Gasteiger partial charge in [0.25, 0.3) is 5.91 Å². The fraction of sp³-hybridized carbons (Fsp3) is 0.917. The SMILES string of the molecule is COC1(C(=O)N(C)C2CCC2)CCNCC1.Cl. The molecule has 0 bridgehead atoms. The molecule has 0 aromatic heterocycles. The maximum Gasteiger partial charge on any atom is 0.254 e. The summed E-state index contributed by atoms with van der Waals surface area (Å²) in [6.45, 7) is 1.75. The molecule has 17 heavy (non-hydrogen) atoms. The Labute approximate surface area is 109 Å². The monoisotopic (exact) mass is 262 g/mol. The summed E-state index contributed by atoms with van der Waals surface area (Å²) < 4.78 is 5.55. The number of nitrogens with one attached hydrogen (secondary N) is 1. The quantitative estimate of drug-likeness (QED) is 0.831. The lowest BCUT2D eigenvalue weighted by molar-refractivity contribution is -0.160. The van der Waals surface area contributed by atoms with E-state index in [2.05, 4.69) is 5.32 Å². The summed E-state index contributed by atoms with van der Waals surface area (Å²) in [5.41, 5.74) is -0.560. The van der Waals surface area contributed by atoms with Crippen LogP contribution < -0.4 is 5.32 Å². The summed E-state index contributed by atoms with van der Waals surface area (Å²) in [4.78, 5) is 14.4. The van der Waals surface area contributed by atoms with Crippen molar-refractivity contribution in [2.24, 2.45) is 0 Å². The van der Waals surface area contributed by atoms with E-state index >= 15 is 0 Å². The second-order valence-electron chi connectivity index (χ2n) is 4.95. The highest BCUT2D eigenvalue weighted by atomic mass is 35.5. The van der Waals surface area contributed by atoms with Gasteiger partial charge in [-0.3, -0.25) is 4.79 Å². The van der Waals surface area contributed by atoms with Crippen molar-refractivity contribution in [2.75, 3.05) is 27.2 Å². The Bertz CT molecular complexity index is 263. The standard InChI is InChI=1S/C12H22N2O2.ClH/c1-14(10-4-3-5-10)11(15)12(16-2)6-8-13-9-7-12;/h10,13H,3-9H2,1-2H3;1H. The molecular formula is C12H23ClN2O2. The van der Waals surface area contributed by atoms with Crippen molar-refractivity contribution in [3.63, 3.8) is 0 Å². The summed E-state index contributed by atoms with van der Waals surface area (Å²) >= 11 is 0. The van der Waals surface area contributed by atoms with E-state index in [0.717, 1.165) is 38.8 Å². The Morgan fingerprint density at radius 3 is 2.35 bits per heavy atom. The van der Waals surface area contributed by atoms with E-state index in [-0.39, 0.29) is 18.3 Å². The van der Waals surface area contributed by atoms with Crippen LogP contribution in [-0.4, -0.2) is 49.7 Å². The second-order valence-corrected chi connectivity index (χ2v) is 4.95. The number of halogens is 1. The van der Waals surface area contributed by atoms with Gasteiger partial charge in [-0.15, -0.1) is 12.4 Å². The van der Waals surface area contributed by atoms with Crippen LogP contribution in [0.3, 0.4) is 0 Å². The molecule has 0 unspecified atom stereocenters. The minimum absolute atomic E-state index is 0. The first-order valence-corrected chi connectivity index (χ1v) is 6.23. The average molecular weight is 263 g/mol. The number of ether oxygens (including phenoxy) is 1. The first-order valence-electron chi connectivity index (χ1n) is 6.23. The van der Waals surface area contributed by atoms with E-state index in [4.69, 9.17) is 4.74 Å². The van der Waals surface area contributed by atoms with Crippen molar-refractivity contribution in [1.82, 2.24) is 10.2 Å². The lowest BCUT2D eigenvalue weighted by atomic mass is 9.86. The molecule has 0 atom stereocenters. The lowest BCUT2D eigenvalue weighted by Gasteiger charge is -2.42. The maximum absolute atomic E-state index is 12.5. The Kier molecular flexibility index (Phi) is 5.22. The van der Waals surface area contributed by atoms with Gasteiger partial charge in [-0.05, 0) is 45.2 Å². The van der Waals surface area contributed by atoms with E-state index in [9.17, 15) is 4.79 Å². The van der Waals surface area contributed by atoms with Crippen LogP contribution in [0, 0.1) is 0 Å². The molecule has 0 radical (unpaired) electrons. The zero-order chi connectivity index (χ0) is 11.6. The molecule has 1 saturated carbocycles. The molecule has 2 fully saturated rings. The first-order chi connectivity index (χ1) is 7.69. The van der Waals surface area contributed by atoms with Crippen LogP contribution in [0.15, 0.2) is 0 Å². The molecule has 1 aliphatic heterocycles. The van der Waals surface area contributed by atoms with Crippen LogP contribution in [0.1, 0.15) is 32.1 Å². The molecule has 1 amide bonds. The Morgan fingerprint density at radius 2 is 1.94 bits per heavy atom. The van der Waals surface area contributed by atoms with Crippen LogP contribution in [0.5, 0.6) is 0 Å². The Morgan fingerprint density at radius 1 is 1.35 bits per heavy atom. The van der Waals surface area contributed by atoms with Crippen LogP contribution in [-0.2, 0) is 9.53 Å². The topological polar surface area (TPSA) is 41.6 Å². The van der Waals surface area contributed by atoms with Gasteiger partial charge in [0.05, 0.1) is 0 Å². The number of likely N-dealkylation sites (N-methyl/N-ethyl adjacent to an activating group) is 1. The number of nitrogens with zero attached hydrogens (tertiary/aromatic N) is 1. The third-order valence-electron chi connectivity index (χ3n) is 4.13. The summed E-state index contributed by atoms with van der Waals surface area (Å²) in [6.07, 6.45) is 5.14. The van der Waals surface area contributed by atoms with Crippen molar-refractivity contribution in [3.05, 3.63) is 0 Å². The Hall–Kier alpha value is -0.320. The van der Waals surface area contributed by atoms with Gasteiger partial charge < -0.3 is 15.0 Å². The van der Waals surface area contributed by atoms with Crippen molar-refractivity contribution in [1.29, 1.82) is 0 Å². The van der Waals surface area contributed by atoms with Crippen molar-refractivity contribution in [3.8, 4) is 0 Å². The van der Waals surface area contributed by atoms with Crippen molar-refractivity contribution < 1.29 is 9.53 Å². The van der Waals surface area contributed by atoms with Gasteiger partial charge in [0, 0.05) is 20.2 Å². The summed E-state index contributed by atoms with van der Waals surface area (Å²) in [5, 5.41) is 3.27. The van der Waals surface area contributed by atoms with Gasteiger partial charge in [0.1, 0.15) is 5.60 Å². The van der Waals surface area contributed by atoms with Gasteiger partial charge in [-0.1, -0.05) is 0 Å². The molecule has 4 nitrogen and oxygen atoms in total. The molecule has 1 N–H and O–H groups in total. The molecule has 100 valence electrons. The molecule has 1 aliphatic carbocycles. The van der Waals surface area contributed by atoms with Crippen molar-refractivity contribution >= 4 is 18.3 Å². The lowest BCUT2D eigenvalue weighted by Crippen LogP contribution is -2.57. The minimum Gasteiger partial charge on any atom is -0.368 e. The number of piperidine rings is 1. The zero-order valence-electron chi connectivity index (χ0n) is 10.7. The molecule has 0 aromatic carbocycles. The number of rotatable bonds is 3. The van der Waals surface area contributed by atoms with Gasteiger partial charge in [0.2, 0.25) is 0 Å². The van der Waals surface area contributed by atoms with E-state index < -0.39 is 5.60 Å². The number of hydrogen-bond acceptors (Lipinski definition) is 3. The zero-order valence-corrected chi connectivity index (χ0v) is 11.5. The first kappa shape index (κ1) is 14.7. The van der Waals surface area contributed by atoms with E-state index in [1.807, 2.05) is 11.9 Å². The van der Waals surface area contributed by atoms with Crippen LogP contribution in [0.2, 0.25) is 0 Å². The van der Waals surface area contributed by atoms with Crippen LogP contribution >= 0.6 is 12.4 Å². The number of methoxy groups -OCH3 is 1. The van der Waals surface area contributed by atoms with Gasteiger partial charge in [0.15, 0.2) is 0 Å². The fourth-order valence-corrected chi connectivity index (χ4v) is 2.60. The van der Waals surface area contributed by atoms with E-state index in [0.29, 0.717) is 6.04 Å². The minimum atomic E-state index is -0.560. The molecule has 2 aliphatic rings. The highest BCUT2D eigenvalue weighted by Crippen LogP contribution is 2.30. The number of carbonyl (C=O) groups is 1. The second kappa shape index (κ2) is 6.03. The summed E-state index contributed by atoms with van der Waals surface area (Å²) in [6, 6.07) is 0.453. The predicted molar refractivity (Wildman–Crippen MR) is 69.5 cm³/mol. The van der Waals surface area contributed by atoms with Crippen molar-refractivity contribution in [2.45, 2.75) is 43.7 Å². The van der Waals surface area contributed by atoms with Gasteiger partial charge >= 0.3 is 0 Å². The van der Waals surface area contributed by atoms with Crippen LogP contribution in [0.25, 0.3) is 0 Å². The predicted octanol–water partition coefficient (Wildman–Crippen LogP) is 1.19. The number of carbonyl (C=O) groups excluding carboxylic acids is 1. The summed E-state index contributed by atoms with van der Waals surface area (Å²) in [5.74, 6) is 0.182. The molecule has 0 aromatic rings. The third-order valence-corrected chi connectivity index (χ3v) is 4.13. The largest absolute Gasteiger partial charge is 0.368 e. The molecule has 1 saturated heterocycles. The molecule has 1 heterocycles. The molecule has 5 heteroatoms. The van der Waals surface area contributed by atoms with Gasteiger partial charge in [-0.2, -0.15) is 0 Å². The van der Waals surface area contributed by atoms with Crippen LogP contribution in [0.4, 0.5) is 0 Å². The normalized spacial score (nSPS) is 23.4. The third kappa shape index (κ3) is 2.75. The average Bonchev–Trinajstić information content (AvgIpc) is 2.26. The van der Waals surface area contributed by atoms with E-state index in [1.54, 1.807) is 7.11 Å². The fourth-order valence-electron chi connectivity index (χ4n) is 2.60.